The van der Waals surface area contributed by atoms with E-state index in [1.165, 1.54) is 30.5 Å². The van der Waals surface area contributed by atoms with Crippen molar-refractivity contribution in [3.8, 4) is 0 Å². The van der Waals surface area contributed by atoms with E-state index in [2.05, 4.69) is 10.2 Å². The lowest BCUT2D eigenvalue weighted by Gasteiger charge is -2.17. The minimum absolute atomic E-state index is 0.0200. The van der Waals surface area contributed by atoms with Gasteiger partial charge in [-0.15, -0.1) is 0 Å². The quantitative estimate of drug-likeness (QED) is 0.753. The fourth-order valence-corrected chi connectivity index (χ4v) is 3.58. The van der Waals surface area contributed by atoms with Crippen molar-refractivity contribution in [2.24, 2.45) is 0 Å². The lowest BCUT2D eigenvalue weighted by atomic mass is 10.1. The minimum Gasteiger partial charge on any atom is -0.334 e. The smallest absolute Gasteiger partial charge is 0.270 e. The first-order chi connectivity index (χ1) is 11.7. The predicted molar refractivity (Wildman–Crippen MR) is 93.0 cm³/mol. The van der Waals surface area contributed by atoms with E-state index in [1.807, 2.05) is 48.0 Å². The Kier molecular flexibility index (Phi) is 3.84. The Morgan fingerprint density at radius 3 is 3.00 bits per heavy atom. The summed E-state index contributed by atoms with van der Waals surface area (Å²) in [6.07, 6.45) is 7.77. The summed E-state index contributed by atoms with van der Waals surface area (Å²) in [5, 5.41) is 7.66. The molecule has 124 valence electrons. The molecule has 1 aliphatic carbocycles. The van der Waals surface area contributed by atoms with Gasteiger partial charge in [-0.25, -0.2) is 0 Å². The highest BCUT2D eigenvalue weighted by molar-refractivity contribution is 5.93. The number of amides is 1. The van der Waals surface area contributed by atoms with Gasteiger partial charge in [0.25, 0.3) is 5.91 Å². The standard InChI is InChI=1S/C19H22N4O/c1-22(13-17-15-8-3-2-4-9-16(15)20-21-17)19(24)18-11-10-14-7-5-6-12-23(14)18/h5-7,10-12H,2-4,8-9,13H2,1H3,(H,20,21). The van der Waals surface area contributed by atoms with Crippen LogP contribution >= 0.6 is 0 Å². The second kappa shape index (κ2) is 6.15. The summed E-state index contributed by atoms with van der Waals surface area (Å²) in [5.41, 5.74) is 5.32. The van der Waals surface area contributed by atoms with Crippen molar-refractivity contribution in [3.63, 3.8) is 0 Å². The van der Waals surface area contributed by atoms with E-state index in [0.717, 1.165) is 24.1 Å². The van der Waals surface area contributed by atoms with Gasteiger partial charge in [-0.1, -0.05) is 12.5 Å². The number of hydrogen-bond acceptors (Lipinski definition) is 2. The number of aryl methyl sites for hydroxylation is 1. The molecule has 0 aromatic carbocycles. The molecule has 1 aliphatic rings. The van der Waals surface area contributed by atoms with Crippen LogP contribution in [-0.2, 0) is 19.4 Å². The van der Waals surface area contributed by atoms with Gasteiger partial charge in [-0.05, 0) is 55.5 Å². The molecule has 5 nitrogen and oxygen atoms in total. The van der Waals surface area contributed by atoms with Crippen LogP contribution in [0.4, 0.5) is 0 Å². The topological polar surface area (TPSA) is 53.4 Å². The van der Waals surface area contributed by atoms with Crippen molar-refractivity contribution >= 4 is 11.4 Å². The first kappa shape index (κ1) is 15.0. The minimum atomic E-state index is 0.0200. The Balaban J connectivity index is 1.57. The molecule has 0 radical (unpaired) electrons. The average Bonchev–Trinajstić information content (AvgIpc) is 3.11. The maximum Gasteiger partial charge on any atom is 0.270 e. The van der Waals surface area contributed by atoms with Crippen molar-refractivity contribution in [2.45, 2.75) is 38.6 Å². The van der Waals surface area contributed by atoms with Crippen LogP contribution in [0.15, 0.2) is 36.5 Å². The molecule has 24 heavy (non-hydrogen) atoms. The van der Waals surface area contributed by atoms with Gasteiger partial charge in [0, 0.05) is 24.5 Å². The Morgan fingerprint density at radius 2 is 2.08 bits per heavy atom. The van der Waals surface area contributed by atoms with Crippen molar-refractivity contribution in [1.82, 2.24) is 19.5 Å². The van der Waals surface area contributed by atoms with E-state index >= 15 is 0 Å². The van der Waals surface area contributed by atoms with Crippen LogP contribution in [-0.4, -0.2) is 32.5 Å². The number of carbonyl (C=O) groups is 1. The number of pyridine rings is 1. The van der Waals surface area contributed by atoms with E-state index in [1.54, 1.807) is 4.90 Å². The van der Waals surface area contributed by atoms with Crippen molar-refractivity contribution in [1.29, 1.82) is 0 Å². The normalized spacial score (nSPS) is 14.4. The molecule has 0 saturated carbocycles. The van der Waals surface area contributed by atoms with Crippen molar-refractivity contribution in [2.75, 3.05) is 7.05 Å². The molecule has 4 rings (SSSR count). The maximum absolute atomic E-state index is 12.8. The molecule has 1 N–H and O–H groups in total. The second-order valence-corrected chi connectivity index (χ2v) is 6.56. The van der Waals surface area contributed by atoms with E-state index < -0.39 is 0 Å². The fourth-order valence-electron chi connectivity index (χ4n) is 3.58. The molecule has 0 unspecified atom stereocenters. The molecular weight excluding hydrogens is 300 g/mol. The van der Waals surface area contributed by atoms with Crippen LogP contribution in [0.5, 0.6) is 0 Å². The van der Waals surface area contributed by atoms with Crippen LogP contribution in [0.3, 0.4) is 0 Å². The van der Waals surface area contributed by atoms with Crippen molar-refractivity contribution in [3.05, 3.63) is 59.2 Å². The molecule has 0 fully saturated rings. The number of aromatic amines is 1. The molecule has 1 amide bonds. The predicted octanol–water partition coefficient (Wildman–Crippen LogP) is 3.20. The van der Waals surface area contributed by atoms with Crippen LogP contribution in [0.25, 0.3) is 5.52 Å². The lowest BCUT2D eigenvalue weighted by molar-refractivity contribution is 0.0776. The average molecular weight is 322 g/mol. The molecule has 3 aromatic rings. The van der Waals surface area contributed by atoms with Gasteiger partial charge in [0.15, 0.2) is 0 Å². The van der Waals surface area contributed by atoms with Gasteiger partial charge in [0.1, 0.15) is 5.69 Å². The molecule has 0 saturated heterocycles. The van der Waals surface area contributed by atoms with E-state index in [-0.39, 0.29) is 5.91 Å². The monoisotopic (exact) mass is 322 g/mol. The summed E-state index contributed by atoms with van der Waals surface area (Å²) in [7, 11) is 1.85. The van der Waals surface area contributed by atoms with Crippen molar-refractivity contribution < 1.29 is 4.79 Å². The van der Waals surface area contributed by atoms with Gasteiger partial charge < -0.3 is 9.30 Å². The highest BCUT2D eigenvalue weighted by Crippen LogP contribution is 2.23. The molecular formula is C19H22N4O. The second-order valence-electron chi connectivity index (χ2n) is 6.56. The molecule has 5 heteroatoms. The van der Waals surface area contributed by atoms with Gasteiger partial charge in [0.05, 0.1) is 12.2 Å². The number of hydrogen-bond donors (Lipinski definition) is 1. The first-order valence-electron chi connectivity index (χ1n) is 8.60. The summed E-state index contributed by atoms with van der Waals surface area (Å²) >= 11 is 0. The molecule has 3 aromatic heterocycles. The van der Waals surface area contributed by atoms with Crippen LogP contribution in [0.1, 0.15) is 46.7 Å². The lowest BCUT2D eigenvalue weighted by Crippen LogP contribution is -2.27. The Bertz CT molecular complexity index is 877. The van der Waals surface area contributed by atoms with Gasteiger partial charge >= 0.3 is 0 Å². The number of nitrogens with zero attached hydrogens (tertiary/aromatic N) is 3. The molecule has 0 aliphatic heterocycles. The van der Waals surface area contributed by atoms with Crippen LogP contribution < -0.4 is 0 Å². The first-order valence-corrected chi connectivity index (χ1v) is 8.60. The Hall–Kier alpha value is -2.56. The van der Waals surface area contributed by atoms with Crippen LogP contribution in [0.2, 0.25) is 0 Å². The Morgan fingerprint density at radius 1 is 1.21 bits per heavy atom. The summed E-state index contributed by atoms with van der Waals surface area (Å²) in [6, 6.07) is 9.79. The summed E-state index contributed by atoms with van der Waals surface area (Å²) in [5.74, 6) is 0.0200. The van der Waals surface area contributed by atoms with Gasteiger partial charge in [-0.3, -0.25) is 9.89 Å². The SMILES string of the molecule is CN(Cc1n[nH]c2c1CCCCC2)C(=O)c1ccc2ccccn12. The third-order valence-electron chi connectivity index (χ3n) is 4.91. The molecule has 0 spiro atoms. The van der Waals surface area contributed by atoms with E-state index in [4.69, 9.17) is 0 Å². The molecule has 3 heterocycles. The largest absolute Gasteiger partial charge is 0.334 e. The number of nitrogens with one attached hydrogen (secondary N) is 1. The third-order valence-corrected chi connectivity index (χ3v) is 4.91. The van der Waals surface area contributed by atoms with Crippen LogP contribution in [0, 0.1) is 0 Å². The number of fused-ring (bicyclic) bond motifs is 2. The summed E-state index contributed by atoms with van der Waals surface area (Å²) in [4.78, 5) is 14.6. The molecule has 0 bridgehead atoms. The summed E-state index contributed by atoms with van der Waals surface area (Å²) in [6.45, 7) is 0.546. The summed E-state index contributed by atoms with van der Waals surface area (Å²) < 4.78 is 1.93. The zero-order valence-corrected chi connectivity index (χ0v) is 14.0. The third kappa shape index (κ3) is 2.60. The highest BCUT2D eigenvalue weighted by atomic mass is 16.2. The maximum atomic E-state index is 12.8. The number of aromatic nitrogens is 3. The van der Waals surface area contributed by atoms with E-state index in [9.17, 15) is 4.79 Å². The fraction of sp³-hybridized carbons (Fsp3) is 0.368. The van der Waals surface area contributed by atoms with Gasteiger partial charge in [-0.2, -0.15) is 5.10 Å². The van der Waals surface area contributed by atoms with Gasteiger partial charge in [0.2, 0.25) is 0 Å². The number of rotatable bonds is 3. The molecule has 0 atom stereocenters. The highest BCUT2D eigenvalue weighted by Gasteiger charge is 2.20. The number of H-pyrrole nitrogens is 1. The van der Waals surface area contributed by atoms with E-state index in [0.29, 0.717) is 12.2 Å². The zero-order valence-electron chi connectivity index (χ0n) is 14.0. The number of carbonyl (C=O) groups excluding carboxylic acids is 1. The zero-order chi connectivity index (χ0) is 16.5. The Labute approximate surface area is 141 Å².